The van der Waals surface area contributed by atoms with E-state index in [1.165, 1.54) is 6.07 Å². The molecule has 1 rings (SSSR count). The van der Waals surface area contributed by atoms with E-state index in [1.807, 2.05) is 0 Å². The van der Waals surface area contributed by atoms with Crippen LogP contribution >= 0.6 is 12.6 Å². The van der Waals surface area contributed by atoms with Gasteiger partial charge in [0.1, 0.15) is 0 Å². The second-order valence-corrected chi connectivity index (χ2v) is 2.98. The number of alkyl halides is 2. The van der Waals surface area contributed by atoms with E-state index in [9.17, 15) is 8.78 Å². The van der Waals surface area contributed by atoms with E-state index in [0.717, 1.165) is 0 Å². The summed E-state index contributed by atoms with van der Waals surface area (Å²) in [5.74, 6) is 0. The van der Waals surface area contributed by atoms with Gasteiger partial charge in [-0.05, 0) is 18.6 Å². The average molecular weight is 189 g/mol. The maximum atomic E-state index is 12.3. The zero-order valence-electron chi connectivity index (χ0n) is 6.51. The fourth-order valence-electron chi connectivity index (χ4n) is 0.962. The Morgan fingerprint density at radius 1 is 1.42 bits per heavy atom. The second-order valence-electron chi connectivity index (χ2n) is 2.53. The third-order valence-electron chi connectivity index (χ3n) is 1.67. The Bertz CT molecular complexity index is 299. The molecule has 1 nitrogen and oxygen atoms in total. The highest BCUT2D eigenvalue weighted by Gasteiger charge is 2.15. The van der Waals surface area contributed by atoms with E-state index in [4.69, 9.17) is 5.73 Å². The van der Waals surface area contributed by atoms with Gasteiger partial charge in [-0.15, -0.1) is 12.6 Å². The monoisotopic (exact) mass is 189 g/mol. The minimum atomic E-state index is -2.56. The summed E-state index contributed by atoms with van der Waals surface area (Å²) in [5.41, 5.74) is 6.00. The number of anilines is 1. The van der Waals surface area contributed by atoms with Crippen molar-refractivity contribution in [2.75, 3.05) is 5.73 Å². The molecular formula is C8H9F2NS. The van der Waals surface area contributed by atoms with E-state index in [1.54, 1.807) is 13.0 Å². The number of nitrogen functional groups attached to an aromatic ring is 1. The van der Waals surface area contributed by atoms with E-state index in [2.05, 4.69) is 12.6 Å². The highest BCUT2D eigenvalue weighted by atomic mass is 32.1. The fraction of sp³-hybridized carbons (Fsp3) is 0.250. The molecule has 0 heterocycles. The lowest BCUT2D eigenvalue weighted by atomic mass is 10.1. The third-order valence-corrected chi connectivity index (χ3v) is 2.26. The predicted octanol–water partition coefficient (Wildman–Crippen LogP) is 2.80. The molecule has 66 valence electrons. The lowest BCUT2D eigenvalue weighted by molar-refractivity contribution is 0.149. The Hall–Kier alpha value is -0.770. The van der Waals surface area contributed by atoms with Crippen LogP contribution in [0.2, 0.25) is 0 Å². The molecule has 1 aromatic rings. The first-order valence-corrected chi connectivity index (χ1v) is 3.85. The Morgan fingerprint density at radius 2 is 2.00 bits per heavy atom. The minimum Gasteiger partial charge on any atom is -0.398 e. The van der Waals surface area contributed by atoms with Gasteiger partial charge in [0.2, 0.25) is 0 Å². The largest absolute Gasteiger partial charge is 0.398 e. The van der Waals surface area contributed by atoms with Crippen molar-refractivity contribution in [3.63, 3.8) is 0 Å². The molecule has 0 aromatic heterocycles. The van der Waals surface area contributed by atoms with Gasteiger partial charge in [0.25, 0.3) is 6.43 Å². The normalized spacial score (nSPS) is 10.8. The Balaban J connectivity index is 3.33. The zero-order chi connectivity index (χ0) is 9.30. The Labute approximate surface area is 75.0 Å². The number of halogens is 2. The molecule has 0 aliphatic heterocycles. The van der Waals surface area contributed by atoms with Crippen molar-refractivity contribution in [3.8, 4) is 0 Å². The first kappa shape index (κ1) is 9.32. The van der Waals surface area contributed by atoms with Crippen LogP contribution in [-0.2, 0) is 0 Å². The molecule has 12 heavy (non-hydrogen) atoms. The quantitative estimate of drug-likeness (QED) is 0.515. The molecular weight excluding hydrogens is 180 g/mol. The minimum absolute atomic E-state index is 0.0978. The molecule has 0 radical (unpaired) electrons. The summed E-state index contributed by atoms with van der Waals surface area (Å²) in [6, 6.07) is 3.14. The van der Waals surface area contributed by atoms with E-state index < -0.39 is 6.43 Å². The average Bonchev–Trinajstić information content (AvgIpc) is 1.97. The maximum Gasteiger partial charge on any atom is 0.266 e. The number of rotatable bonds is 1. The van der Waals surface area contributed by atoms with Crippen LogP contribution in [0.25, 0.3) is 0 Å². The number of hydrogen-bond donors (Lipinski definition) is 2. The zero-order valence-corrected chi connectivity index (χ0v) is 7.41. The van der Waals surface area contributed by atoms with E-state index >= 15 is 0 Å². The number of hydrogen-bond acceptors (Lipinski definition) is 2. The van der Waals surface area contributed by atoms with Gasteiger partial charge in [0.05, 0.1) is 5.56 Å². The van der Waals surface area contributed by atoms with Gasteiger partial charge in [0, 0.05) is 10.6 Å². The van der Waals surface area contributed by atoms with Gasteiger partial charge in [-0.2, -0.15) is 0 Å². The lowest BCUT2D eigenvalue weighted by Gasteiger charge is -2.09. The highest BCUT2D eigenvalue weighted by Crippen LogP contribution is 2.32. The van der Waals surface area contributed by atoms with Gasteiger partial charge < -0.3 is 5.73 Å². The number of thiol groups is 1. The Kier molecular flexibility index (Phi) is 2.57. The fourth-order valence-corrected chi connectivity index (χ4v) is 1.26. The molecule has 0 amide bonds. The summed E-state index contributed by atoms with van der Waals surface area (Å²) in [7, 11) is 0. The summed E-state index contributed by atoms with van der Waals surface area (Å²) in [6.07, 6.45) is -2.56. The lowest BCUT2D eigenvalue weighted by Crippen LogP contribution is -1.97. The molecule has 1 aromatic carbocycles. The molecule has 0 aliphatic rings. The summed E-state index contributed by atoms with van der Waals surface area (Å²) in [5, 5.41) is 0. The van der Waals surface area contributed by atoms with Crippen molar-refractivity contribution in [2.45, 2.75) is 18.2 Å². The first-order chi connectivity index (χ1) is 5.54. The van der Waals surface area contributed by atoms with Crippen molar-refractivity contribution < 1.29 is 8.78 Å². The van der Waals surface area contributed by atoms with Crippen molar-refractivity contribution in [1.82, 2.24) is 0 Å². The first-order valence-electron chi connectivity index (χ1n) is 3.40. The number of aryl methyl sites for hydroxylation is 1. The molecule has 0 aliphatic carbocycles. The molecule has 0 saturated carbocycles. The smallest absolute Gasteiger partial charge is 0.266 e. The topological polar surface area (TPSA) is 26.0 Å². The Morgan fingerprint density at radius 3 is 2.42 bits per heavy atom. The van der Waals surface area contributed by atoms with Crippen LogP contribution in [-0.4, -0.2) is 0 Å². The molecule has 0 spiro atoms. The van der Waals surface area contributed by atoms with E-state index in [-0.39, 0.29) is 16.1 Å². The molecule has 0 unspecified atom stereocenters. The molecule has 0 saturated heterocycles. The van der Waals surface area contributed by atoms with Crippen molar-refractivity contribution in [3.05, 3.63) is 23.3 Å². The summed E-state index contributed by atoms with van der Waals surface area (Å²) in [4.78, 5) is 0.282. The van der Waals surface area contributed by atoms with Crippen LogP contribution in [0.1, 0.15) is 17.6 Å². The maximum absolute atomic E-state index is 12.3. The van der Waals surface area contributed by atoms with Crippen molar-refractivity contribution >= 4 is 18.3 Å². The number of benzene rings is 1. The van der Waals surface area contributed by atoms with Crippen molar-refractivity contribution in [1.29, 1.82) is 0 Å². The van der Waals surface area contributed by atoms with Crippen LogP contribution in [0.5, 0.6) is 0 Å². The highest BCUT2D eigenvalue weighted by molar-refractivity contribution is 7.80. The van der Waals surface area contributed by atoms with Crippen LogP contribution < -0.4 is 5.73 Å². The predicted molar refractivity (Wildman–Crippen MR) is 47.8 cm³/mol. The standard InChI is InChI=1S/C8H9F2NS/c1-4-2-3-5(11)6(7(4)12)8(9)10/h2-3,8,12H,11H2,1H3. The van der Waals surface area contributed by atoms with Crippen LogP contribution in [0.4, 0.5) is 14.5 Å². The van der Waals surface area contributed by atoms with Crippen molar-refractivity contribution in [2.24, 2.45) is 0 Å². The van der Waals surface area contributed by atoms with Crippen LogP contribution in [0.15, 0.2) is 17.0 Å². The molecule has 4 heteroatoms. The summed E-state index contributed by atoms with van der Waals surface area (Å²) < 4.78 is 24.7. The summed E-state index contributed by atoms with van der Waals surface area (Å²) in [6.45, 7) is 1.72. The SMILES string of the molecule is Cc1ccc(N)c(C(F)F)c1S. The van der Waals surface area contributed by atoms with Gasteiger partial charge in [-0.1, -0.05) is 6.07 Å². The molecule has 0 atom stereocenters. The van der Waals surface area contributed by atoms with Crippen LogP contribution in [0, 0.1) is 6.92 Å². The molecule has 0 fully saturated rings. The molecule has 0 bridgehead atoms. The second kappa shape index (κ2) is 3.31. The van der Waals surface area contributed by atoms with Crippen LogP contribution in [0.3, 0.4) is 0 Å². The third kappa shape index (κ3) is 1.53. The van der Waals surface area contributed by atoms with Gasteiger partial charge in [0.15, 0.2) is 0 Å². The summed E-state index contributed by atoms with van der Waals surface area (Å²) >= 11 is 3.96. The molecule has 2 N–H and O–H groups in total. The van der Waals surface area contributed by atoms with E-state index in [0.29, 0.717) is 5.56 Å². The van der Waals surface area contributed by atoms with Gasteiger partial charge in [-0.25, -0.2) is 8.78 Å². The van der Waals surface area contributed by atoms with Gasteiger partial charge in [-0.3, -0.25) is 0 Å². The van der Waals surface area contributed by atoms with Gasteiger partial charge >= 0.3 is 0 Å². The number of nitrogens with two attached hydrogens (primary N) is 1.